The highest BCUT2D eigenvalue weighted by molar-refractivity contribution is 14.1. The van der Waals surface area contributed by atoms with E-state index in [9.17, 15) is 0 Å². The van der Waals surface area contributed by atoms with Gasteiger partial charge in [0.2, 0.25) is 0 Å². The van der Waals surface area contributed by atoms with Gasteiger partial charge in [0.05, 0.1) is 16.1 Å². The van der Waals surface area contributed by atoms with E-state index >= 15 is 0 Å². The zero-order chi connectivity index (χ0) is 27.2. The normalized spacial score (nSPS) is 11.3. The SMILES string of the molecule is Nc1ccc(-c2ccccc2)c(-c2ccc3c(c2)c2ccc(-c4ccc(Cl)c(I)c4)cc2n3-c2ccccc2)c1. The Morgan fingerprint density at radius 3 is 2.00 bits per heavy atom. The van der Waals surface area contributed by atoms with E-state index in [1.165, 1.54) is 21.9 Å². The fourth-order valence-corrected chi connectivity index (χ4v) is 6.20. The maximum atomic E-state index is 6.33. The summed E-state index contributed by atoms with van der Waals surface area (Å²) in [5.74, 6) is 0. The molecule has 2 N–H and O–H groups in total. The number of nitrogens with zero attached hydrogens (tertiary/aromatic N) is 1. The van der Waals surface area contributed by atoms with E-state index < -0.39 is 0 Å². The average molecular weight is 647 g/mol. The van der Waals surface area contributed by atoms with E-state index in [2.05, 4.69) is 142 Å². The number of aromatic nitrogens is 1. The second-order valence-electron chi connectivity index (χ2n) is 9.93. The topological polar surface area (TPSA) is 30.9 Å². The van der Waals surface area contributed by atoms with Crippen LogP contribution in [0.25, 0.3) is 60.9 Å². The van der Waals surface area contributed by atoms with Gasteiger partial charge in [0.25, 0.3) is 0 Å². The van der Waals surface area contributed by atoms with Crippen LogP contribution in [-0.2, 0) is 0 Å². The molecule has 0 fully saturated rings. The molecule has 7 aromatic rings. The minimum absolute atomic E-state index is 0.753. The molecule has 40 heavy (non-hydrogen) atoms. The van der Waals surface area contributed by atoms with Crippen LogP contribution in [0.15, 0.2) is 133 Å². The Morgan fingerprint density at radius 1 is 0.525 bits per heavy atom. The molecule has 0 aliphatic rings. The third-order valence-electron chi connectivity index (χ3n) is 7.47. The zero-order valence-corrected chi connectivity index (χ0v) is 24.4. The van der Waals surface area contributed by atoms with Gasteiger partial charge in [0.1, 0.15) is 0 Å². The molecule has 0 bridgehead atoms. The number of para-hydroxylation sites is 1. The number of hydrogen-bond donors (Lipinski definition) is 1. The van der Waals surface area contributed by atoms with Gasteiger partial charge in [-0.25, -0.2) is 0 Å². The summed E-state index contributed by atoms with van der Waals surface area (Å²) in [5, 5.41) is 3.18. The van der Waals surface area contributed by atoms with Crippen LogP contribution >= 0.6 is 34.2 Å². The third-order valence-corrected chi connectivity index (χ3v) is 9.01. The fourth-order valence-electron chi connectivity index (χ4n) is 5.57. The highest BCUT2D eigenvalue weighted by atomic mass is 127. The van der Waals surface area contributed by atoms with Crippen molar-refractivity contribution < 1.29 is 0 Å². The van der Waals surface area contributed by atoms with Crippen LogP contribution < -0.4 is 5.73 Å². The van der Waals surface area contributed by atoms with E-state index in [4.69, 9.17) is 17.3 Å². The number of fused-ring (bicyclic) bond motifs is 3. The van der Waals surface area contributed by atoms with Crippen molar-refractivity contribution >= 4 is 61.7 Å². The first kappa shape index (κ1) is 24.9. The van der Waals surface area contributed by atoms with Crippen molar-refractivity contribution in [3.63, 3.8) is 0 Å². The second-order valence-corrected chi connectivity index (χ2v) is 11.5. The van der Waals surface area contributed by atoms with E-state index in [1.54, 1.807) is 0 Å². The third kappa shape index (κ3) is 4.36. The predicted molar refractivity (Wildman–Crippen MR) is 179 cm³/mol. The number of nitrogens with two attached hydrogens (primary N) is 1. The van der Waals surface area contributed by atoms with Crippen LogP contribution in [-0.4, -0.2) is 4.57 Å². The lowest BCUT2D eigenvalue weighted by atomic mass is 9.93. The zero-order valence-electron chi connectivity index (χ0n) is 21.5. The molecule has 0 aliphatic heterocycles. The van der Waals surface area contributed by atoms with Crippen molar-refractivity contribution in [2.45, 2.75) is 0 Å². The molecule has 4 heteroatoms. The van der Waals surface area contributed by atoms with Crippen LogP contribution in [0, 0.1) is 3.57 Å². The fraction of sp³-hybridized carbons (Fsp3) is 0. The summed E-state index contributed by atoms with van der Waals surface area (Å²) in [6.07, 6.45) is 0. The Hall–Kier alpha value is -4.06. The maximum Gasteiger partial charge on any atom is 0.0547 e. The molecule has 7 rings (SSSR count). The second kappa shape index (κ2) is 10.2. The molecule has 1 aromatic heterocycles. The van der Waals surface area contributed by atoms with Crippen molar-refractivity contribution in [3.8, 4) is 39.1 Å². The first-order chi connectivity index (χ1) is 19.6. The largest absolute Gasteiger partial charge is 0.399 e. The Balaban J connectivity index is 1.49. The summed E-state index contributed by atoms with van der Waals surface area (Å²) in [5.41, 5.74) is 17.4. The van der Waals surface area contributed by atoms with Gasteiger partial charge in [-0.05, 0) is 111 Å². The van der Waals surface area contributed by atoms with Crippen LogP contribution in [0.5, 0.6) is 0 Å². The molecule has 0 amide bonds. The molecular formula is C36H24ClIN2. The summed E-state index contributed by atoms with van der Waals surface area (Å²) in [6, 6.07) is 46.9. The van der Waals surface area contributed by atoms with Gasteiger partial charge < -0.3 is 10.3 Å². The van der Waals surface area contributed by atoms with Crippen LogP contribution in [0.2, 0.25) is 5.02 Å². The van der Waals surface area contributed by atoms with Crippen molar-refractivity contribution in [2.24, 2.45) is 0 Å². The highest BCUT2D eigenvalue weighted by Gasteiger charge is 2.16. The van der Waals surface area contributed by atoms with E-state index in [-0.39, 0.29) is 0 Å². The molecular weight excluding hydrogens is 623 g/mol. The van der Waals surface area contributed by atoms with Gasteiger partial charge in [0, 0.05) is 25.7 Å². The first-order valence-corrected chi connectivity index (χ1v) is 14.6. The van der Waals surface area contributed by atoms with E-state index in [0.717, 1.165) is 53.3 Å². The Bertz CT molecular complexity index is 2030. The molecule has 1 heterocycles. The van der Waals surface area contributed by atoms with E-state index in [0.29, 0.717) is 0 Å². The number of anilines is 1. The number of nitrogen functional groups attached to an aromatic ring is 1. The van der Waals surface area contributed by atoms with Gasteiger partial charge >= 0.3 is 0 Å². The van der Waals surface area contributed by atoms with Crippen molar-refractivity contribution in [1.82, 2.24) is 4.57 Å². The van der Waals surface area contributed by atoms with Gasteiger partial charge in [0.15, 0.2) is 0 Å². The molecule has 0 aliphatic carbocycles. The number of rotatable bonds is 4. The van der Waals surface area contributed by atoms with Crippen LogP contribution in [0.3, 0.4) is 0 Å². The smallest absolute Gasteiger partial charge is 0.0547 e. The minimum atomic E-state index is 0.753. The lowest BCUT2D eigenvalue weighted by Gasteiger charge is -2.12. The molecule has 0 saturated carbocycles. The average Bonchev–Trinajstić information content (AvgIpc) is 3.32. The number of hydrogen-bond acceptors (Lipinski definition) is 1. The number of benzene rings is 6. The Kier molecular flexibility index (Phi) is 6.34. The predicted octanol–water partition coefficient (Wildman–Crippen LogP) is 10.6. The van der Waals surface area contributed by atoms with Crippen molar-refractivity contribution in [2.75, 3.05) is 5.73 Å². The lowest BCUT2D eigenvalue weighted by Crippen LogP contribution is -1.94. The Labute approximate surface area is 251 Å². The van der Waals surface area contributed by atoms with Crippen molar-refractivity contribution in [1.29, 1.82) is 0 Å². The summed E-state index contributed by atoms with van der Waals surface area (Å²) in [7, 11) is 0. The van der Waals surface area contributed by atoms with Crippen LogP contribution in [0.4, 0.5) is 5.69 Å². The first-order valence-electron chi connectivity index (χ1n) is 13.1. The number of halogens is 2. The minimum Gasteiger partial charge on any atom is -0.399 e. The standard InChI is InChI=1S/C36H24ClIN2/c37-33-17-12-24(20-34(33)38)25-11-15-30-32-19-26(31-22-27(39)14-16-29(31)23-7-3-1-4-8-23)13-18-35(32)40(36(30)21-25)28-9-5-2-6-10-28/h1-22H,39H2. The van der Waals surface area contributed by atoms with Gasteiger partial charge in [-0.1, -0.05) is 90.5 Å². The molecule has 0 radical (unpaired) electrons. The van der Waals surface area contributed by atoms with Crippen molar-refractivity contribution in [3.05, 3.63) is 142 Å². The molecule has 6 aromatic carbocycles. The monoisotopic (exact) mass is 646 g/mol. The quantitative estimate of drug-likeness (QED) is 0.150. The molecule has 192 valence electrons. The lowest BCUT2D eigenvalue weighted by molar-refractivity contribution is 1.18. The van der Waals surface area contributed by atoms with Gasteiger partial charge in [-0.3, -0.25) is 0 Å². The summed E-state index contributed by atoms with van der Waals surface area (Å²) >= 11 is 8.62. The van der Waals surface area contributed by atoms with Gasteiger partial charge in [-0.15, -0.1) is 0 Å². The molecule has 0 spiro atoms. The van der Waals surface area contributed by atoms with E-state index in [1.807, 2.05) is 18.2 Å². The molecule has 0 saturated heterocycles. The maximum absolute atomic E-state index is 6.33. The summed E-state index contributed by atoms with van der Waals surface area (Å²) in [6.45, 7) is 0. The summed E-state index contributed by atoms with van der Waals surface area (Å²) < 4.78 is 3.40. The summed E-state index contributed by atoms with van der Waals surface area (Å²) in [4.78, 5) is 0. The Morgan fingerprint density at radius 2 is 1.23 bits per heavy atom. The van der Waals surface area contributed by atoms with Gasteiger partial charge in [-0.2, -0.15) is 0 Å². The van der Waals surface area contributed by atoms with Crippen LogP contribution in [0.1, 0.15) is 0 Å². The highest BCUT2D eigenvalue weighted by Crippen LogP contribution is 2.40. The molecule has 0 unspecified atom stereocenters. The molecule has 2 nitrogen and oxygen atoms in total. The molecule has 0 atom stereocenters.